The van der Waals surface area contributed by atoms with Gasteiger partial charge in [0.05, 0.1) is 22.1 Å². The number of aromatic carboxylic acids is 1. The number of carboxylic acid groups (broad SMARTS) is 1. The van der Waals surface area contributed by atoms with Crippen molar-refractivity contribution in [1.29, 1.82) is 0 Å². The average molecular weight is 690 g/mol. The molecule has 0 atom stereocenters. The van der Waals surface area contributed by atoms with E-state index in [1.165, 1.54) is 83.3 Å². The summed E-state index contributed by atoms with van der Waals surface area (Å²) in [4.78, 5) is 23.4. The number of hydrogen-bond donors (Lipinski definition) is 1. The number of rotatable bonds is 2. The van der Waals surface area contributed by atoms with Crippen LogP contribution in [0.5, 0.6) is 0 Å². The minimum atomic E-state index is -0.844. The molecule has 0 aliphatic rings. The molecule has 0 saturated heterocycles. The van der Waals surface area contributed by atoms with Gasteiger partial charge in [0.2, 0.25) is 0 Å². The van der Waals surface area contributed by atoms with Crippen molar-refractivity contribution in [1.82, 2.24) is 13.7 Å². The number of ketones is 1. The molecular formula is C45H59N3O3. The number of aryl methyl sites for hydroxylation is 10. The largest absolute Gasteiger partial charge is 0.478 e. The molecule has 51 heavy (non-hydrogen) atoms. The molecule has 3 aromatic carbocycles. The van der Waals surface area contributed by atoms with Gasteiger partial charge in [-0.2, -0.15) is 0 Å². The van der Waals surface area contributed by atoms with Crippen molar-refractivity contribution in [2.75, 3.05) is 0 Å². The molecule has 0 unspecified atom stereocenters. The van der Waals surface area contributed by atoms with Crippen molar-refractivity contribution < 1.29 is 14.7 Å². The van der Waals surface area contributed by atoms with E-state index in [2.05, 4.69) is 105 Å². The standard InChI is InChI=1S/C16H21NO.C15H19NO2.C14H19N/c1-8-9(2)11(4)16-14(10(8)3)15(13(6)18)12(5)17(16)7;1-7-8(2)10(4)14-12(9(7)3)13(15(17)18)11(5)16(14)6;1-8-7-13-11(4)9(2)10(3)12(5)14(13)15(8)6/h1-7H3;1-6H3,(H,17,18);7H,1-6H3. The van der Waals surface area contributed by atoms with E-state index < -0.39 is 5.97 Å². The highest BCUT2D eigenvalue weighted by Gasteiger charge is 2.23. The summed E-state index contributed by atoms with van der Waals surface area (Å²) in [5.74, 6) is -0.687. The van der Waals surface area contributed by atoms with E-state index in [4.69, 9.17) is 0 Å². The second kappa shape index (κ2) is 13.9. The van der Waals surface area contributed by atoms with Crippen LogP contribution in [0.3, 0.4) is 0 Å². The van der Waals surface area contributed by atoms with Crippen LogP contribution in [0, 0.1) is 104 Å². The van der Waals surface area contributed by atoms with Crippen molar-refractivity contribution in [3.8, 4) is 0 Å². The predicted molar refractivity (Wildman–Crippen MR) is 217 cm³/mol. The van der Waals surface area contributed by atoms with E-state index >= 15 is 0 Å². The fraction of sp³-hybridized carbons (Fsp3) is 0.422. The predicted octanol–water partition coefficient (Wildman–Crippen LogP) is 11.1. The van der Waals surface area contributed by atoms with Crippen LogP contribution in [0.25, 0.3) is 32.7 Å². The zero-order chi connectivity index (χ0) is 38.9. The quantitative estimate of drug-likeness (QED) is 0.184. The molecule has 272 valence electrons. The molecule has 0 amide bonds. The zero-order valence-electron chi connectivity index (χ0n) is 34.7. The van der Waals surface area contributed by atoms with Crippen LogP contribution >= 0.6 is 0 Å². The topological polar surface area (TPSA) is 69.2 Å². The highest BCUT2D eigenvalue weighted by atomic mass is 16.4. The van der Waals surface area contributed by atoms with Gasteiger partial charge in [0.1, 0.15) is 0 Å². The van der Waals surface area contributed by atoms with Crippen LogP contribution in [-0.4, -0.2) is 30.6 Å². The summed E-state index contributed by atoms with van der Waals surface area (Å²) in [6, 6.07) is 2.30. The Kier molecular flexibility index (Phi) is 10.7. The van der Waals surface area contributed by atoms with Gasteiger partial charge in [0.15, 0.2) is 5.78 Å². The van der Waals surface area contributed by atoms with E-state index in [0.717, 1.165) is 38.8 Å². The molecule has 0 aliphatic carbocycles. The van der Waals surface area contributed by atoms with Crippen LogP contribution in [-0.2, 0) is 21.1 Å². The van der Waals surface area contributed by atoms with Gasteiger partial charge in [-0.15, -0.1) is 0 Å². The second-order valence-corrected chi connectivity index (χ2v) is 15.0. The number of aromatic nitrogens is 3. The Hall–Kier alpha value is -4.58. The van der Waals surface area contributed by atoms with Crippen LogP contribution in [0.4, 0.5) is 0 Å². The summed E-state index contributed by atoms with van der Waals surface area (Å²) in [6.45, 7) is 33.4. The molecule has 3 aromatic heterocycles. The molecular weight excluding hydrogens is 631 g/mol. The monoisotopic (exact) mass is 689 g/mol. The van der Waals surface area contributed by atoms with Gasteiger partial charge < -0.3 is 18.8 Å². The van der Waals surface area contributed by atoms with E-state index in [1.54, 1.807) is 6.92 Å². The van der Waals surface area contributed by atoms with E-state index in [9.17, 15) is 14.7 Å². The Morgan fingerprint density at radius 2 is 0.784 bits per heavy atom. The van der Waals surface area contributed by atoms with Gasteiger partial charge in [-0.1, -0.05) is 0 Å². The van der Waals surface area contributed by atoms with Crippen molar-refractivity contribution >= 4 is 44.5 Å². The molecule has 0 bridgehead atoms. The highest BCUT2D eigenvalue weighted by Crippen LogP contribution is 2.36. The lowest BCUT2D eigenvalue weighted by atomic mass is 9.93. The lowest BCUT2D eigenvalue weighted by molar-refractivity contribution is 0.0697. The number of carbonyl (C=O) groups excluding carboxylic acids is 1. The van der Waals surface area contributed by atoms with Gasteiger partial charge in [0.25, 0.3) is 0 Å². The highest BCUT2D eigenvalue weighted by molar-refractivity contribution is 6.11. The number of Topliss-reactive ketones (excluding diaryl/α,β-unsaturated/α-hetero) is 1. The normalized spacial score (nSPS) is 11.3. The van der Waals surface area contributed by atoms with Crippen molar-refractivity contribution in [3.05, 3.63) is 101 Å². The fourth-order valence-electron chi connectivity index (χ4n) is 8.17. The van der Waals surface area contributed by atoms with Crippen molar-refractivity contribution in [3.63, 3.8) is 0 Å². The third kappa shape index (κ3) is 6.00. The number of carbonyl (C=O) groups is 2. The van der Waals surface area contributed by atoms with Gasteiger partial charge >= 0.3 is 5.97 Å². The summed E-state index contributed by atoms with van der Waals surface area (Å²) in [5, 5.41) is 12.9. The Bertz CT molecular complexity index is 2320. The Morgan fingerprint density at radius 1 is 0.451 bits per heavy atom. The number of fused-ring (bicyclic) bond motifs is 3. The molecule has 0 aliphatic heterocycles. The summed E-state index contributed by atoms with van der Waals surface area (Å²) in [7, 11) is 6.13. The summed E-state index contributed by atoms with van der Waals surface area (Å²) in [5.41, 5.74) is 23.7. The smallest absolute Gasteiger partial charge is 0.338 e. The first-order valence-corrected chi connectivity index (χ1v) is 17.9. The summed E-state index contributed by atoms with van der Waals surface area (Å²) >= 11 is 0. The Morgan fingerprint density at radius 3 is 1.18 bits per heavy atom. The maximum Gasteiger partial charge on any atom is 0.338 e. The number of hydrogen-bond acceptors (Lipinski definition) is 2. The maximum absolute atomic E-state index is 11.9. The minimum Gasteiger partial charge on any atom is -0.478 e. The van der Waals surface area contributed by atoms with E-state index in [-0.39, 0.29) is 5.78 Å². The van der Waals surface area contributed by atoms with Gasteiger partial charge in [-0.3, -0.25) is 4.79 Å². The molecule has 0 fully saturated rings. The third-order valence-electron chi connectivity index (χ3n) is 12.7. The van der Waals surface area contributed by atoms with E-state index in [0.29, 0.717) is 5.56 Å². The molecule has 3 heterocycles. The number of nitrogens with zero attached hydrogens (tertiary/aromatic N) is 3. The molecule has 0 radical (unpaired) electrons. The van der Waals surface area contributed by atoms with E-state index in [1.807, 2.05) is 39.4 Å². The van der Waals surface area contributed by atoms with Crippen LogP contribution in [0.15, 0.2) is 6.07 Å². The summed E-state index contributed by atoms with van der Waals surface area (Å²) in [6.07, 6.45) is 0. The molecule has 6 nitrogen and oxygen atoms in total. The number of benzene rings is 3. The molecule has 1 N–H and O–H groups in total. The van der Waals surface area contributed by atoms with Crippen molar-refractivity contribution in [2.24, 2.45) is 21.1 Å². The minimum absolute atomic E-state index is 0.156. The average Bonchev–Trinajstić information content (AvgIpc) is 3.64. The van der Waals surface area contributed by atoms with Gasteiger partial charge in [-0.25, -0.2) is 4.79 Å². The molecule has 6 aromatic rings. The second-order valence-electron chi connectivity index (χ2n) is 15.0. The summed E-state index contributed by atoms with van der Waals surface area (Å²) < 4.78 is 6.44. The first kappa shape index (κ1) is 39.2. The molecule has 6 rings (SSSR count). The van der Waals surface area contributed by atoms with Crippen molar-refractivity contribution in [2.45, 2.75) is 111 Å². The molecule has 6 heteroatoms. The Labute approximate surface area is 305 Å². The third-order valence-corrected chi connectivity index (χ3v) is 12.7. The van der Waals surface area contributed by atoms with Gasteiger partial charge in [-0.05, 0) is 184 Å². The first-order chi connectivity index (χ1) is 23.5. The SMILES string of the molecule is CC(=O)c1c(C)n(C)c2c(C)c(C)c(C)c(C)c12.Cc1c(C)c(C)c2c(c1C)c(C(=O)O)c(C)n2C.Cc1c(C)c(C)c2c(cc(C)n2C)c1C. The lowest BCUT2D eigenvalue weighted by Gasteiger charge is -2.13. The lowest BCUT2D eigenvalue weighted by Crippen LogP contribution is -2.00. The molecule has 0 spiro atoms. The van der Waals surface area contributed by atoms with Gasteiger partial charge in [0, 0.05) is 59.9 Å². The van der Waals surface area contributed by atoms with Crippen LogP contribution in [0.2, 0.25) is 0 Å². The Balaban J connectivity index is 0.000000172. The first-order valence-electron chi connectivity index (χ1n) is 17.9. The van der Waals surface area contributed by atoms with Crippen LogP contribution < -0.4 is 0 Å². The van der Waals surface area contributed by atoms with Crippen LogP contribution in [0.1, 0.15) is 111 Å². The fourth-order valence-corrected chi connectivity index (χ4v) is 8.17. The molecule has 0 saturated carbocycles. The number of carboxylic acids is 1. The zero-order valence-corrected chi connectivity index (χ0v) is 34.7. The maximum atomic E-state index is 11.9.